The van der Waals surface area contributed by atoms with Crippen molar-refractivity contribution in [2.45, 2.75) is 73.8 Å². The molecule has 0 radical (unpaired) electrons. The van der Waals surface area contributed by atoms with Crippen molar-refractivity contribution in [3.05, 3.63) is 0 Å². The predicted octanol–water partition coefficient (Wildman–Crippen LogP) is -5.00. The van der Waals surface area contributed by atoms with Crippen molar-refractivity contribution in [2.75, 3.05) is 26.9 Å². The lowest BCUT2D eigenvalue weighted by Crippen LogP contribution is -2.44. The lowest BCUT2D eigenvalue weighted by Gasteiger charge is -2.26. The summed E-state index contributed by atoms with van der Waals surface area (Å²) < 4.78 is 32.0. The third-order valence-corrected chi connectivity index (χ3v) is 5.24. The minimum atomic E-state index is -1.47. The topological polar surface area (TPSA) is 197 Å². The van der Waals surface area contributed by atoms with Crippen LogP contribution in [0.1, 0.15) is 0 Å². The second-order valence-electron chi connectivity index (χ2n) is 7.12. The molecule has 0 unspecified atom stereocenters. The molecule has 3 saturated heterocycles. The summed E-state index contributed by atoms with van der Waals surface area (Å²) in [4.78, 5) is 0. The molecule has 0 spiro atoms. The fourth-order valence-electron chi connectivity index (χ4n) is 3.53. The van der Waals surface area contributed by atoms with Crippen molar-refractivity contribution in [1.29, 1.82) is 0 Å². The Bertz CT molecular complexity index is 523. The number of rotatable bonds is 8. The van der Waals surface area contributed by atoms with Crippen molar-refractivity contribution in [3.8, 4) is 0 Å². The third-order valence-electron chi connectivity index (χ3n) is 5.24. The highest BCUT2D eigenvalue weighted by molar-refractivity contribution is 4.93. The van der Waals surface area contributed by atoms with Crippen LogP contribution in [0, 0.1) is 0 Å². The van der Waals surface area contributed by atoms with Gasteiger partial charge in [-0.25, -0.2) is 0 Å². The molecule has 0 saturated carbocycles. The van der Waals surface area contributed by atoms with Crippen molar-refractivity contribution in [3.63, 3.8) is 0 Å². The van der Waals surface area contributed by atoms with Gasteiger partial charge in [0.2, 0.25) is 0 Å². The van der Waals surface area contributed by atoms with E-state index in [0.29, 0.717) is 0 Å². The first-order valence-electron chi connectivity index (χ1n) is 9.20. The van der Waals surface area contributed by atoms with E-state index in [0.717, 1.165) is 0 Å². The van der Waals surface area contributed by atoms with E-state index in [4.69, 9.17) is 38.6 Å². The maximum Gasteiger partial charge on any atom is 0.187 e. The van der Waals surface area contributed by atoms with E-state index >= 15 is 0 Å². The number of methoxy groups -OCH3 is 1. The molecule has 0 bridgehead atoms. The molecule has 29 heavy (non-hydrogen) atoms. The van der Waals surface area contributed by atoms with Crippen molar-refractivity contribution in [2.24, 2.45) is 0 Å². The van der Waals surface area contributed by atoms with Crippen LogP contribution in [-0.2, 0) is 28.4 Å². The number of hydrogen-bond donors (Lipinski definition) is 7. The van der Waals surface area contributed by atoms with E-state index in [9.17, 15) is 25.5 Å². The van der Waals surface area contributed by atoms with Gasteiger partial charge >= 0.3 is 0 Å². The molecule has 0 aliphatic carbocycles. The van der Waals surface area contributed by atoms with Gasteiger partial charge in [-0.15, -0.1) is 0 Å². The third kappa shape index (κ3) is 4.57. The Hall–Kier alpha value is -0.520. The molecule has 3 heterocycles. The molecule has 170 valence electrons. The Labute approximate surface area is 165 Å². The molecular formula is C16H28O13. The van der Waals surface area contributed by atoms with E-state index in [1.807, 2.05) is 0 Å². The van der Waals surface area contributed by atoms with Gasteiger partial charge in [-0.05, 0) is 0 Å². The van der Waals surface area contributed by atoms with E-state index in [1.165, 1.54) is 7.11 Å². The highest BCUT2D eigenvalue weighted by Gasteiger charge is 2.51. The minimum Gasteiger partial charge on any atom is -0.394 e. The summed E-state index contributed by atoms with van der Waals surface area (Å²) in [6.07, 6.45) is -14.7. The number of aliphatic hydroxyl groups excluding tert-OH is 7. The monoisotopic (exact) mass is 428 g/mol. The van der Waals surface area contributed by atoms with Crippen LogP contribution in [0.5, 0.6) is 0 Å². The van der Waals surface area contributed by atoms with Gasteiger partial charge in [0.15, 0.2) is 18.9 Å². The molecule has 3 aliphatic rings. The molecule has 12 atom stereocenters. The van der Waals surface area contributed by atoms with E-state index in [-0.39, 0.29) is 6.61 Å². The average Bonchev–Trinajstić information content (AvgIpc) is 3.28. The van der Waals surface area contributed by atoms with Crippen LogP contribution in [0.15, 0.2) is 0 Å². The maximum atomic E-state index is 10.4. The molecule has 13 nitrogen and oxygen atoms in total. The first kappa shape index (κ1) is 23.1. The van der Waals surface area contributed by atoms with Gasteiger partial charge < -0.3 is 64.2 Å². The zero-order valence-corrected chi connectivity index (χ0v) is 15.6. The fourth-order valence-corrected chi connectivity index (χ4v) is 3.53. The largest absolute Gasteiger partial charge is 0.394 e. The second-order valence-corrected chi connectivity index (χ2v) is 7.12. The van der Waals surface area contributed by atoms with Gasteiger partial charge in [0.25, 0.3) is 0 Å². The van der Waals surface area contributed by atoms with Crippen molar-refractivity contribution >= 4 is 0 Å². The molecule has 0 aromatic rings. The van der Waals surface area contributed by atoms with Gasteiger partial charge in [0.05, 0.1) is 19.8 Å². The lowest BCUT2D eigenvalue weighted by atomic mass is 10.1. The first-order valence-corrected chi connectivity index (χ1v) is 9.20. The second kappa shape index (κ2) is 9.74. The first-order chi connectivity index (χ1) is 13.8. The molecule has 3 rings (SSSR count). The predicted molar refractivity (Wildman–Crippen MR) is 88.0 cm³/mol. The smallest absolute Gasteiger partial charge is 0.187 e. The normalized spacial score (nSPS) is 50.5. The molecule has 3 aliphatic heterocycles. The Balaban J connectivity index is 1.62. The van der Waals surface area contributed by atoms with Gasteiger partial charge in [0.1, 0.15) is 54.9 Å². The Morgan fingerprint density at radius 3 is 1.69 bits per heavy atom. The van der Waals surface area contributed by atoms with Crippen LogP contribution in [0.2, 0.25) is 0 Å². The van der Waals surface area contributed by atoms with E-state index < -0.39 is 87.0 Å². The van der Waals surface area contributed by atoms with Crippen LogP contribution in [0.3, 0.4) is 0 Å². The van der Waals surface area contributed by atoms with Gasteiger partial charge in [-0.3, -0.25) is 0 Å². The number of aliphatic hydroxyl groups is 7. The van der Waals surface area contributed by atoms with Crippen LogP contribution in [0.4, 0.5) is 0 Å². The summed E-state index contributed by atoms with van der Waals surface area (Å²) in [5.41, 5.74) is 0. The van der Waals surface area contributed by atoms with Crippen LogP contribution in [-0.4, -0.2) is 136 Å². The highest BCUT2D eigenvalue weighted by atomic mass is 16.8. The van der Waals surface area contributed by atoms with Gasteiger partial charge in [0, 0.05) is 7.11 Å². The molecule has 13 heteroatoms. The van der Waals surface area contributed by atoms with E-state index in [1.54, 1.807) is 0 Å². The molecule has 0 aromatic heterocycles. The summed E-state index contributed by atoms with van der Waals surface area (Å²) in [5, 5.41) is 68.3. The van der Waals surface area contributed by atoms with Gasteiger partial charge in [-0.2, -0.15) is 0 Å². The zero-order valence-electron chi connectivity index (χ0n) is 15.6. The van der Waals surface area contributed by atoms with Crippen LogP contribution < -0.4 is 0 Å². The van der Waals surface area contributed by atoms with E-state index in [2.05, 4.69) is 0 Å². The SMILES string of the molecule is CO[C@H]1O[C@H](CO[C@H]2O[C@H](CO)[C@@H](O)[C@@H]2O)[C@@H](O[C@H]2O[C@H](CO)[C@@H](O)[C@@H]2O)[C@@H]1O. The molecule has 3 fully saturated rings. The van der Waals surface area contributed by atoms with Gasteiger partial charge in [-0.1, -0.05) is 0 Å². The average molecular weight is 428 g/mol. The molecule has 7 N–H and O–H groups in total. The summed E-state index contributed by atoms with van der Waals surface area (Å²) in [5.74, 6) is 0. The number of hydrogen-bond acceptors (Lipinski definition) is 13. The Kier molecular flexibility index (Phi) is 7.77. The standard InChI is InChI=1S/C16H28O13/c1-24-14-12(23)13(29-16-11(22)9(20)6(3-18)27-16)7(28-14)4-25-15-10(21)8(19)5(2-17)26-15/h5-23H,2-4H2,1H3/t5-,6-,7-,8-,9-,10+,11+,12+,13-,14+,15+,16-/m1/s1. The summed E-state index contributed by atoms with van der Waals surface area (Å²) in [6.45, 7) is -1.33. The maximum absolute atomic E-state index is 10.4. The van der Waals surface area contributed by atoms with Crippen molar-refractivity contribution in [1.82, 2.24) is 0 Å². The minimum absolute atomic E-state index is 0.275. The van der Waals surface area contributed by atoms with Crippen LogP contribution >= 0.6 is 0 Å². The molecule has 0 amide bonds. The quantitative estimate of drug-likeness (QED) is 0.194. The molecule has 0 aromatic carbocycles. The van der Waals surface area contributed by atoms with Crippen molar-refractivity contribution < 1.29 is 64.2 Å². The highest BCUT2D eigenvalue weighted by Crippen LogP contribution is 2.31. The Morgan fingerprint density at radius 1 is 0.655 bits per heavy atom. The summed E-state index contributed by atoms with van der Waals surface area (Å²) in [6, 6.07) is 0. The summed E-state index contributed by atoms with van der Waals surface area (Å²) >= 11 is 0. The number of ether oxygens (including phenoxy) is 6. The Morgan fingerprint density at radius 2 is 1.17 bits per heavy atom. The fraction of sp³-hybridized carbons (Fsp3) is 1.00. The van der Waals surface area contributed by atoms with Crippen LogP contribution in [0.25, 0.3) is 0 Å². The zero-order chi connectivity index (χ0) is 21.3. The molecular weight excluding hydrogens is 400 g/mol. The summed E-state index contributed by atoms with van der Waals surface area (Å²) in [7, 11) is 1.30. The lowest BCUT2D eigenvalue weighted by molar-refractivity contribution is -0.227.